The van der Waals surface area contributed by atoms with E-state index in [2.05, 4.69) is 27.7 Å². The van der Waals surface area contributed by atoms with E-state index < -0.39 is 0 Å². The van der Waals surface area contributed by atoms with E-state index >= 15 is 0 Å². The van der Waals surface area contributed by atoms with Gasteiger partial charge in [-0.25, -0.2) is 0 Å². The molecule has 0 aliphatic heterocycles. The van der Waals surface area contributed by atoms with Crippen LogP contribution in [0.5, 0.6) is 0 Å². The zero-order chi connectivity index (χ0) is 14.4. The molecule has 0 radical (unpaired) electrons. The van der Waals surface area contributed by atoms with Gasteiger partial charge in [0.25, 0.3) is 0 Å². The second kappa shape index (κ2) is 4.48. The van der Waals surface area contributed by atoms with Gasteiger partial charge in [0.05, 0.1) is 2.74 Å². The Hall–Kier alpha value is -0.780. The van der Waals surface area contributed by atoms with Crippen LogP contribution < -0.4 is 0 Å². The first kappa shape index (κ1) is 10.2. The van der Waals surface area contributed by atoms with Crippen LogP contribution in [0.2, 0.25) is 0 Å². The molecule has 17 heavy (non-hydrogen) atoms. The van der Waals surface area contributed by atoms with E-state index in [1.807, 2.05) is 6.92 Å². The summed E-state index contributed by atoms with van der Waals surface area (Å²) in [6.45, 7) is 10.6. The minimum Gasteiger partial charge on any atom is -0.0561 e. The highest BCUT2D eigenvalue weighted by Crippen LogP contribution is 2.37. The third-order valence-corrected chi connectivity index (χ3v) is 4.03. The number of hydrogen-bond acceptors (Lipinski definition) is 0. The molecule has 0 aromatic heterocycles. The summed E-state index contributed by atoms with van der Waals surface area (Å²) in [6, 6.07) is 1.27. The normalized spacial score (nSPS) is 19.4. The van der Waals surface area contributed by atoms with Crippen LogP contribution in [0.3, 0.4) is 0 Å². The maximum absolute atomic E-state index is 8.63. The summed E-state index contributed by atoms with van der Waals surface area (Å²) in [7, 11) is 0. The predicted molar refractivity (Wildman–Crippen MR) is 75.8 cm³/mol. The van der Waals surface area contributed by atoms with Crippen LogP contribution in [-0.2, 0) is 5.41 Å². The van der Waals surface area contributed by atoms with Crippen molar-refractivity contribution in [3.8, 4) is 0 Å². The summed E-state index contributed by atoms with van der Waals surface area (Å²) >= 11 is 0. The lowest BCUT2D eigenvalue weighted by Crippen LogP contribution is -2.15. The molecule has 1 aromatic carbocycles. The van der Waals surface area contributed by atoms with E-state index in [9.17, 15) is 0 Å². The molecule has 94 valence electrons. The molecule has 1 saturated carbocycles. The first-order valence-electron chi connectivity index (χ1n) is 7.86. The SMILES string of the molecule is [2H]c1c(C)c(C)c(C(C)(C)C)c([2H])c1C1CCCC1. The van der Waals surface area contributed by atoms with Crippen LogP contribution in [0.25, 0.3) is 0 Å². The van der Waals surface area contributed by atoms with Gasteiger partial charge in [-0.2, -0.15) is 0 Å². The minimum atomic E-state index is -0.0209. The van der Waals surface area contributed by atoms with Crippen LogP contribution >= 0.6 is 0 Å². The summed E-state index contributed by atoms with van der Waals surface area (Å²) in [5.74, 6) is 0.445. The van der Waals surface area contributed by atoms with Crippen LogP contribution in [0.4, 0.5) is 0 Å². The number of hydrogen-bond donors (Lipinski definition) is 0. The van der Waals surface area contributed by atoms with Gasteiger partial charge in [0.15, 0.2) is 0 Å². The van der Waals surface area contributed by atoms with E-state index in [1.54, 1.807) is 0 Å². The van der Waals surface area contributed by atoms with Crippen molar-refractivity contribution in [3.05, 3.63) is 34.3 Å². The van der Waals surface area contributed by atoms with Gasteiger partial charge in [-0.05, 0) is 60.3 Å². The van der Waals surface area contributed by atoms with Gasteiger partial charge in [-0.3, -0.25) is 0 Å². The third kappa shape index (κ3) is 2.56. The molecule has 1 aromatic rings. The Morgan fingerprint density at radius 3 is 2.24 bits per heavy atom. The van der Waals surface area contributed by atoms with Gasteiger partial charge < -0.3 is 0 Å². The molecule has 2 rings (SSSR count). The number of rotatable bonds is 1. The first-order chi connectivity index (χ1) is 8.75. The quantitative estimate of drug-likeness (QED) is 0.619. The molecule has 0 bridgehead atoms. The lowest BCUT2D eigenvalue weighted by Gasteiger charge is -2.25. The molecule has 1 aliphatic rings. The minimum absolute atomic E-state index is 0.0209. The molecule has 1 aliphatic carbocycles. The summed E-state index contributed by atoms with van der Waals surface area (Å²) in [5.41, 5.74) is 4.35. The Balaban J connectivity index is 2.70. The molecule has 0 heteroatoms. The largest absolute Gasteiger partial charge is 0.0629 e. The van der Waals surface area contributed by atoms with Crippen LogP contribution in [0.1, 0.15) is 77.4 Å². The zero-order valence-electron chi connectivity index (χ0n) is 13.9. The summed E-state index contributed by atoms with van der Waals surface area (Å²) in [5, 5.41) is 0. The molecule has 0 amide bonds. The second-order valence-corrected chi connectivity index (χ2v) is 6.52. The maximum Gasteiger partial charge on any atom is 0.0629 e. The van der Waals surface area contributed by atoms with Gasteiger partial charge in [-0.15, -0.1) is 0 Å². The lowest BCUT2D eigenvalue weighted by molar-refractivity contribution is 0.582. The van der Waals surface area contributed by atoms with Crippen molar-refractivity contribution in [2.24, 2.45) is 0 Å². The lowest BCUT2D eigenvalue weighted by atomic mass is 9.80. The van der Waals surface area contributed by atoms with Crippen molar-refractivity contribution in [1.82, 2.24) is 0 Å². The molecule has 0 nitrogen and oxygen atoms in total. The van der Waals surface area contributed by atoms with Gasteiger partial charge in [0.2, 0.25) is 0 Å². The molecule has 0 heterocycles. The van der Waals surface area contributed by atoms with Crippen molar-refractivity contribution in [2.45, 2.75) is 71.6 Å². The fourth-order valence-electron chi connectivity index (χ4n) is 2.91. The zero-order valence-corrected chi connectivity index (χ0v) is 11.9. The van der Waals surface area contributed by atoms with Crippen molar-refractivity contribution >= 4 is 0 Å². The summed E-state index contributed by atoms with van der Waals surface area (Å²) in [4.78, 5) is 0. The van der Waals surface area contributed by atoms with E-state index in [-0.39, 0.29) is 5.41 Å². The average Bonchev–Trinajstić information content (AvgIpc) is 2.78. The molecule has 0 unspecified atom stereocenters. The van der Waals surface area contributed by atoms with E-state index in [1.165, 1.54) is 12.8 Å². The fraction of sp³-hybridized carbons (Fsp3) is 0.647. The number of benzene rings is 1. The van der Waals surface area contributed by atoms with Gasteiger partial charge in [-0.1, -0.05) is 45.7 Å². The predicted octanol–water partition coefficient (Wildman–Crippen LogP) is 5.26. The van der Waals surface area contributed by atoms with Gasteiger partial charge in [0, 0.05) is 0 Å². The van der Waals surface area contributed by atoms with E-state index in [0.717, 1.165) is 35.1 Å². The molecular weight excluding hydrogens is 204 g/mol. The van der Waals surface area contributed by atoms with Crippen molar-refractivity contribution in [1.29, 1.82) is 0 Å². The Kier molecular flexibility index (Phi) is 2.68. The van der Waals surface area contributed by atoms with Gasteiger partial charge in [0.1, 0.15) is 0 Å². The fourth-order valence-corrected chi connectivity index (χ4v) is 2.91. The maximum atomic E-state index is 8.63. The van der Waals surface area contributed by atoms with Crippen LogP contribution in [0.15, 0.2) is 12.1 Å². The molecular formula is C17H26. The Bertz CT molecular complexity index is 489. The van der Waals surface area contributed by atoms with Crippen LogP contribution in [0, 0.1) is 13.8 Å². The highest BCUT2D eigenvalue weighted by atomic mass is 14.3. The molecule has 0 atom stereocenters. The Morgan fingerprint density at radius 2 is 1.71 bits per heavy atom. The van der Waals surface area contributed by atoms with Crippen molar-refractivity contribution in [2.75, 3.05) is 0 Å². The molecule has 0 spiro atoms. The topological polar surface area (TPSA) is 0 Å². The molecule has 0 N–H and O–H groups in total. The summed E-state index contributed by atoms with van der Waals surface area (Å²) < 4.78 is 17.0. The molecule has 1 fully saturated rings. The van der Waals surface area contributed by atoms with Crippen molar-refractivity contribution < 1.29 is 2.74 Å². The Morgan fingerprint density at radius 1 is 1.12 bits per heavy atom. The van der Waals surface area contributed by atoms with E-state index in [0.29, 0.717) is 18.0 Å². The van der Waals surface area contributed by atoms with E-state index in [4.69, 9.17) is 2.74 Å². The first-order valence-corrected chi connectivity index (χ1v) is 6.86. The second-order valence-electron chi connectivity index (χ2n) is 6.52. The summed E-state index contributed by atoms with van der Waals surface area (Å²) in [6.07, 6.45) is 4.82. The third-order valence-electron chi connectivity index (χ3n) is 4.03. The highest BCUT2D eigenvalue weighted by molar-refractivity contribution is 5.42. The van der Waals surface area contributed by atoms with Crippen molar-refractivity contribution in [3.63, 3.8) is 0 Å². The smallest absolute Gasteiger partial charge is 0.0561 e. The molecule has 0 saturated heterocycles. The average molecular weight is 232 g/mol. The standard InChI is InChI=1S/C17H26/c1-12-10-15(14-8-6-7-9-14)11-16(13(12)2)17(3,4)5/h10-11,14H,6-9H2,1-5H3/i10D,11D. The Labute approximate surface area is 109 Å². The monoisotopic (exact) mass is 232 g/mol. The van der Waals surface area contributed by atoms with Gasteiger partial charge >= 0.3 is 0 Å². The van der Waals surface area contributed by atoms with Crippen LogP contribution in [-0.4, -0.2) is 0 Å². The highest BCUT2D eigenvalue weighted by Gasteiger charge is 2.22.